The van der Waals surface area contributed by atoms with Crippen LogP contribution in [0.3, 0.4) is 0 Å². The third-order valence-corrected chi connectivity index (χ3v) is 5.47. The molecular weight excluding hydrogens is 248 g/mol. The number of hydrogen-bond acceptors (Lipinski definition) is 3. The molecule has 1 saturated carbocycles. The van der Waals surface area contributed by atoms with Gasteiger partial charge >= 0.3 is 0 Å². The molecule has 0 aromatic heterocycles. The molecule has 0 aromatic carbocycles. The normalized spacial score (nSPS) is 30.4. The van der Waals surface area contributed by atoms with Crippen molar-refractivity contribution in [3.63, 3.8) is 0 Å². The Balaban J connectivity index is 2.79. The zero-order chi connectivity index (χ0) is 14.0. The van der Waals surface area contributed by atoms with Crippen molar-refractivity contribution in [2.24, 2.45) is 17.1 Å². The Morgan fingerprint density at radius 3 is 2.44 bits per heavy atom. The number of nitrogens with one attached hydrogen (secondary N) is 1. The zero-order valence-corrected chi connectivity index (χ0v) is 12.9. The summed E-state index contributed by atoms with van der Waals surface area (Å²) in [5, 5.41) is 0. The molecule has 0 aliphatic heterocycles. The summed E-state index contributed by atoms with van der Waals surface area (Å²) in [4.78, 5) is 0. The first-order valence-electron chi connectivity index (χ1n) is 6.79. The van der Waals surface area contributed by atoms with Crippen molar-refractivity contribution in [1.82, 2.24) is 4.72 Å². The van der Waals surface area contributed by atoms with Gasteiger partial charge in [-0.1, -0.05) is 40.5 Å². The van der Waals surface area contributed by atoms with Gasteiger partial charge in [0, 0.05) is 12.1 Å². The molecule has 0 amide bonds. The van der Waals surface area contributed by atoms with Crippen molar-refractivity contribution in [2.75, 3.05) is 12.3 Å². The molecule has 2 unspecified atom stereocenters. The van der Waals surface area contributed by atoms with Crippen LogP contribution in [-0.2, 0) is 10.0 Å². The van der Waals surface area contributed by atoms with Crippen LogP contribution in [0.25, 0.3) is 0 Å². The van der Waals surface area contributed by atoms with Gasteiger partial charge in [0.15, 0.2) is 0 Å². The number of rotatable bonds is 4. The Morgan fingerprint density at radius 1 is 1.39 bits per heavy atom. The average Bonchev–Trinajstić information content (AvgIpc) is 2.12. The van der Waals surface area contributed by atoms with Gasteiger partial charge in [0.25, 0.3) is 0 Å². The van der Waals surface area contributed by atoms with Crippen LogP contribution in [0.4, 0.5) is 0 Å². The molecule has 0 spiro atoms. The first kappa shape index (κ1) is 15.9. The lowest BCUT2D eigenvalue weighted by atomic mass is 9.77. The second-order valence-corrected chi connectivity index (χ2v) is 8.83. The van der Waals surface area contributed by atoms with Gasteiger partial charge < -0.3 is 5.73 Å². The summed E-state index contributed by atoms with van der Waals surface area (Å²) in [7, 11) is -3.26. The van der Waals surface area contributed by atoms with Crippen LogP contribution in [0.2, 0.25) is 0 Å². The minimum absolute atomic E-state index is 0.149. The first-order valence-corrected chi connectivity index (χ1v) is 8.44. The van der Waals surface area contributed by atoms with Gasteiger partial charge in [0.1, 0.15) is 0 Å². The molecule has 3 N–H and O–H groups in total. The summed E-state index contributed by atoms with van der Waals surface area (Å²) in [6, 6.07) is 0. The second-order valence-electron chi connectivity index (χ2n) is 7.11. The molecule has 4 nitrogen and oxygen atoms in total. The summed E-state index contributed by atoms with van der Waals surface area (Å²) in [6.45, 7) is 8.36. The van der Waals surface area contributed by atoms with Gasteiger partial charge in [0.05, 0.1) is 5.75 Å². The highest BCUT2D eigenvalue weighted by Crippen LogP contribution is 2.32. The smallest absolute Gasteiger partial charge is 0.212 e. The van der Waals surface area contributed by atoms with Gasteiger partial charge in [-0.2, -0.15) is 0 Å². The lowest BCUT2D eigenvalue weighted by Gasteiger charge is -2.40. The van der Waals surface area contributed by atoms with E-state index in [1.54, 1.807) is 0 Å². The van der Waals surface area contributed by atoms with Crippen LogP contribution < -0.4 is 10.5 Å². The molecule has 0 bridgehead atoms. The van der Waals surface area contributed by atoms with Crippen molar-refractivity contribution in [1.29, 1.82) is 0 Å². The number of hydrogen-bond donors (Lipinski definition) is 2. The molecule has 0 radical (unpaired) electrons. The van der Waals surface area contributed by atoms with E-state index in [-0.39, 0.29) is 11.2 Å². The highest BCUT2D eigenvalue weighted by atomic mass is 32.2. The Morgan fingerprint density at radius 2 is 2.00 bits per heavy atom. The van der Waals surface area contributed by atoms with Crippen molar-refractivity contribution < 1.29 is 8.42 Å². The molecule has 2 atom stereocenters. The van der Waals surface area contributed by atoms with E-state index < -0.39 is 15.6 Å². The predicted octanol–water partition coefficient (Wildman–Crippen LogP) is 1.86. The van der Waals surface area contributed by atoms with Gasteiger partial charge in [0.2, 0.25) is 10.0 Å². The second kappa shape index (κ2) is 5.47. The standard InChI is InChI=1S/C13H28N2O2S/c1-11-6-5-7-13(8-11,9-14)15-18(16,17)10-12(2,3)4/h11,15H,5-10,14H2,1-4H3. The van der Waals surface area contributed by atoms with E-state index in [0.717, 1.165) is 19.3 Å². The molecule has 1 rings (SSSR count). The monoisotopic (exact) mass is 276 g/mol. The van der Waals surface area contributed by atoms with E-state index in [0.29, 0.717) is 12.5 Å². The quantitative estimate of drug-likeness (QED) is 0.823. The summed E-state index contributed by atoms with van der Waals surface area (Å²) in [6.07, 6.45) is 3.93. The highest BCUT2D eigenvalue weighted by Gasteiger charge is 2.38. The van der Waals surface area contributed by atoms with Crippen LogP contribution in [0, 0.1) is 11.3 Å². The molecule has 0 saturated heterocycles. The van der Waals surface area contributed by atoms with Crippen LogP contribution in [0.15, 0.2) is 0 Å². The van der Waals surface area contributed by atoms with Crippen molar-refractivity contribution in [3.05, 3.63) is 0 Å². The number of sulfonamides is 1. The molecule has 18 heavy (non-hydrogen) atoms. The first-order chi connectivity index (χ1) is 8.08. The van der Waals surface area contributed by atoms with Gasteiger partial charge in [-0.25, -0.2) is 13.1 Å². The third kappa shape index (κ3) is 4.86. The molecule has 0 aromatic rings. The lowest BCUT2D eigenvalue weighted by molar-refractivity contribution is 0.222. The Bertz CT molecular complexity index is 373. The summed E-state index contributed by atoms with van der Waals surface area (Å²) in [5.74, 6) is 0.690. The Hall–Kier alpha value is -0.130. The van der Waals surface area contributed by atoms with Gasteiger partial charge in [-0.15, -0.1) is 0 Å². The minimum Gasteiger partial charge on any atom is -0.329 e. The van der Waals surface area contributed by atoms with Crippen LogP contribution in [0.1, 0.15) is 53.4 Å². The van der Waals surface area contributed by atoms with E-state index >= 15 is 0 Å². The average molecular weight is 276 g/mol. The Labute approximate surface area is 112 Å². The fourth-order valence-corrected chi connectivity index (χ4v) is 5.06. The van der Waals surface area contributed by atoms with Crippen molar-refractivity contribution in [2.45, 2.75) is 58.9 Å². The largest absolute Gasteiger partial charge is 0.329 e. The summed E-state index contributed by atoms with van der Waals surface area (Å²) in [5.41, 5.74) is 5.20. The fourth-order valence-electron chi connectivity index (χ4n) is 2.92. The number of nitrogens with two attached hydrogens (primary N) is 1. The molecule has 1 aliphatic rings. The zero-order valence-electron chi connectivity index (χ0n) is 12.1. The molecular formula is C13H28N2O2S. The maximum atomic E-state index is 12.2. The topological polar surface area (TPSA) is 72.2 Å². The lowest BCUT2D eigenvalue weighted by Crippen LogP contribution is -2.56. The molecule has 5 heteroatoms. The van der Waals surface area contributed by atoms with Gasteiger partial charge in [-0.05, 0) is 24.2 Å². The maximum Gasteiger partial charge on any atom is 0.212 e. The van der Waals surface area contributed by atoms with Crippen molar-refractivity contribution in [3.8, 4) is 0 Å². The highest BCUT2D eigenvalue weighted by molar-refractivity contribution is 7.89. The van der Waals surface area contributed by atoms with Crippen LogP contribution in [-0.4, -0.2) is 26.3 Å². The van der Waals surface area contributed by atoms with E-state index in [1.165, 1.54) is 6.42 Å². The molecule has 1 aliphatic carbocycles. The maximum absolute atomic E-state index is 12.2. The van der Waals surface area contributed by atoms with E-state index in [2.05, 4.69) is 11.6 Å². The van der Waals surface area contributed by atoms with Gasteiger partial charge in [-0.3, -0.25) is 0 Å². The fraction of sp³-hybridized carbons (Fsp3) is 1.00. The van der Waals surface area contributed by atoms with E-state index in [9.17, 15) is 8.42 Å². The molecule has 0 heterocycles. The van der Waals surface area contributed by atoms with Crippen molar-refractivity contribution >= 4 is 10.0 Å². The van der Waals surface area contributed by atoms with Crippen LogP contribution >= 0.6 is 0 Å². The van der Waals surface area contributed by atoms with E-state index in [4.69, 9.17) is 5.73 Å². The third-order valence-electron chi connectivity index (χ3n) is 3.48. The SMILES string of the molecule is CC1CCCC(CN)(NS(=O)(=O)CC(C)(C)C)C1. The summed E-state index contributed by atoms with van der Waals surface area (Å²) < 4.78 is 27.3. The van der Waals surface area contributed by atoms with Crippen LogP contribution in [0.5, 0.6) is 0 Å². The molecule has 1 fully saturated rings. The Kier molecular flexibility index (Phi) is 4.84. The molecule has 108 valence electrons. The van der Waals surface area contributed by atoms with E-state index in [1.807, 2.05) is 20.8 Å². The summed E-state index contributed by atoms with van der Waals surface area (Å²) >= 11 is 0. The minimum atomic E-state index is -3.26. The predicted molar refractivity (Wildman–Crippen MR) is 75.8 cm³/mol.